The van der Waals surface area contributed by atoms with Crippen molar-refractivity contribution in [2.24, 2.45) is 5.92 Å². The van der Waals surface area contributed by atoms with E-state index >= 15 is 0 Å². The van der Waals surface area contributed by atoms with Gasteiger partial charge >= 0.3 is 0 Å². The number of hydrogen-bond acceptors (Lipinski definition) is 0. The van der Waals surface area contributed by atoms with Gasteiger partial charge in [-0.3, -0.25) is 0 Å². The third kappa shape index (κ3) is 2.15. The molecule has 1 saturated carbocycles. The first-order valence-electron chi connectivity index (χ1n) is 5.18. The van der Waals surface area contributed by atoms with Crippen molar-refractivity contribution in [1.82, 2.24) is 0 Å². The monoisotopic (exact) mass is 230 g/mol. The fourth-order valence-corrected chi connectivity index (χ4v) is 2.68. The number of hydrogen-bond donors (Lipinski definition) is 0. The van der Waals surface area contributed by atoms with Gasteiger partial charge in [0.2, 0.25) is 0 Å². The minimum atomic E-state index is -0.504. The Labute approximate surface area is 93.2 Å². The number of benzene rings is 1. The van der Waals surface area contributed by atoms with Crippen LogP contribution in [0.4, 0.5) is 8.78 Å². The fourth-order valence-electron chi connectivity index (χ4n) is 2.38. The van der Waals surface area contributed by atoms with Gasteiger partial charge in [0.1, 0.15) is 11.6 Å². The summed E-state index contributed by atoms with van der Waals surface area (Å²) >= 11 is 6.10. The van der Waals surface area contributed by atoms with Gasteiger partial charge in [-0.1, -0.05) is 6.92 Å². The van der Waals surface area contributed by atoms with Crippen molar-refractivity contribution in [2.75, 3.05) is 0 Å². The predicted molar refractivity (Wildman–Crippen MR) is 57.1 cm³/mol. The minimum absolute atomic E-state index is 0.126. The van der Waals surface area contributed by atoms with E-state index in [0.717, 1.165) is 24.5 Å². The molecule has 0 aromatic heterocycles. The molecule has 1 aromatic rings. The van der Waals surface area contributed by atoms with Gasteiger partial charge < -0.3 is 0 Å². The van der Waals surface area contributed by atoms with Gasteiger partial charge in [-0.25, -0.2) is 8.78 Å². The highest BCUT2D eigenvalue weighted by molar-refractivity contribution is 6.21. The van der Waals surface area contributed by atoms with Gasteiger partial charge in [-0.2, -0.15) is 0 Å². The summed E-state index contributed by atoms with van der Waals surface area (Å²) in [5, 5.41) is 0.126. The maximum Gasteiger partial charge on any atom is 0.126 e. The molecule has 1 aromatic carbocycles. The Hall–Kier alpha value is -0.630. The van der Waals surface area contributed by atoms with Gasteiger partial charge in [0.25, 0.3) is 0 Å². The van der Waals surface area contributed by atoms with Crippen molar-refractivity contribution in [3.05, 3.63) is 35.4 Å². The zero-order chi connectivity index (χ0) is 11.0. The van der Waals surface area contributed by atoms with E-state index in [0.29, 0.717) is 0 Å². The van der Waals surface area contributed by atoms with E-state index in [4.69, 9.17) is 11.6 Å². The summed E-state index contributed by atoms with van der Waals surface area (Å²) in [7, 11) is 0. The highest BCUT2D eigenvalue weighted by Crippen LogP contribution is 2.42. The highest BCUT2D eigenvalue weighted by atomic mass is 35.5. The Morgan fingerprint density at radius 3 is 2.20 bits per heavy atom. The molecule has 0 radical (unpaired) electrons. The quantitative estimate of drug-likeness (QED) is 0.638. The molecule has 3 unspecified atom stereocenters. The normalized spacial score (nSPS) is 30.8. The molecule has 2 rings (SSSR count). The number of rotatable bonds is 1. The van der Waals surface area contributed by atoms with E-state index in [1.165, 1.54) is 12.1 Å². The van der Waals surface area contributed by atoms with Crippen molar-refractivity contribution < 1.29 is 8.78 Å². The second-order valence-corrected chi connectivity index (χ2v) is 4.82. The maximum atomic E-state index is 13.0. The zero-order valence-electron chi connectivity index (χ0n) is 8.51. The number of alkyl halides is 1. The summed E-state index contributed by atoms with van der Waals surface area (Å²) in [6.07, 6.45) is 1.84. The van der Waals surface area contributed by atoms with Gasteiger partial charge in [-0.15, -0.1) is 11.6 Å². The molecular formula is C12H13ClF2. The van der Waals surface area contributed by atoms with Crippen molar-refractivity contribution in [1.29, 1.82) is 0 Å². The van der Waals surface area contributed by atoms with Crippen LogP contribution in [-0.2, 0) is 0 Å². The first-order valence-corrected chi connectivity index (χ1v) is 5.61. The smallest absolute Gasteiger partial charge is 0.126 e. The van der Waals surface area contributed by atoms with Crippen LogP contribution in [-0.4, -0.2) is 5.38 Å². The molecule has 0 N–H and O–H groups in total. The highest BCUT2D eigenvalue weighted by Gasteiger charge is 2.32. The molecule has 0 aliphatic heterocycles. The maximum absolute atomic E-state index is 13.0. The van der Waals surface area contributed by atoms with Gasteiger partial charge in [0, 0.05) is 11.4 Å². The average molecular weight is 231 g/mol. The van der Waals surface area contributed by atoms with Crippen molar-refractivity contribution in [2.45, 2.75) is 31.1 Å². The van der Waals surface area contributed by atoms with Gasteiger partial charge in [0.05, 0.1) is 0 Å². The molecule has 1 fully saturated rings. The van der Waals surface area contributed by atoms with Crippen LogP contribution in [0.2, 0.25) is 0 Å². The fraction of sp³-hybridized carbons (Fsp3) is 0.500. The molecule has 1 aliphatic rings. The van der Waals surface area contributed by atoms with Gasteiger partial charge in [0.15, 0.2) is 0 Å². The third-order valence-corrected chi connectivity index (χ3v) is 3.89. The number of halogens is 3. The van der Waals surface area contributed by atoms with E-state index in [1.807, 2.05) is 6.92 Å². The standard InChI is InChI=1S/C12H13ClF2/c1-7-11(2-3-12(7)13)8-4-9(14)6-10(15)5-8/h4-7,11-12H,2-3H2,1H3. The predicted octanol–water partition coefficient (Wildman–Crippen LogP) is 4.09. The van der Waals surface area contributed by atoms with E-state index < -0.39 is 11.6 Å². The molecule has 1 aliphatic carbocycles. The Bertz CT molecular complexity index is 344. The Morgan fingerprint density at radius 2 is 1.73 bits per heavy atom. The molecule has 0 nitrogen and oxygen atoms in total. The Morgan fingerprint density at radius 1 is 1.13 bits per heavy atom. The zero-order valence-corrected chi connectivity index (χ0v) is 9.27. The largest absolute Gasteiger partial charge is 0.207 e. The third-order valence-electron chi connectivity index (χ3n) is 3.27. The molecule has 0 spiro atoms. The van der Waals surface area contributed by atoms with Crippen LogP contribution in [0.25, 0.3) is 0 Å². The van der Waals surface area contributed by atoms with Crippen LogP contribution in [0.15, 0.2) is 18.2 Å². The lowest BCUT2D eigenvalue weighted by Crippen LogP contribution is -2.09. The first-order chi connectivity index (χ1) is 7.08. The molecule has 0 amide bonds. The lowest BCUT2D eigenvalue weighted by molar-refractivity contribution is 0.522. The van der Waals surface area contributed by atoms with Crippen LogP contribution in [0, 0.1) is 17.6 Å². The summed E-state index contributed by atoms with van der Waals surface area (Å²) < 4.78 is 26.1. The van der Waals surface area contributed by atoms with E-state index in [9.17, 15) is 8.78 Å². The van der Waals surface area contributed by atoms with Crippen molar-refractivity contribution in [3.8, 4) is 0 Å². The first kappa shape index (κ1) is 10.9. The molecular weight excluding hydrogens is 218 g/mol. The van der Waals surface area contributed by atoms with Crippen LogP contribution in [0.1, 0.15) is 31.2 Å². The summed E-state index contributed by atoms with van der Waals surface area (Å²) in [5.41, 5.74) is 0.739. The lowest BCUT2D eigenvalue weighted by Gasteiger charge is -2.17. The summed E-state index contributed by atoms with van der Waals surface area (Å²) in [5.74, 6) is -0.531. The van der Waals surface area contributed by atoms with Crippen LogP contribution in [0.3, 0.4) is 0 Å². The molecule has 3 atom stereocenters. The van der Waals surface area contributed by atoms with E-state index in [2.05, 4.69) is 0 Å². The molecule has 82 valence electrons. The summed E-state index contributed by atoms with van der Waals surface area (Å²) in [4.78, 5) is 0. The average Bonchev–Trinajstić information content (AvgIpc) is 2.46. The second kappa shape index (κ2) is 4.09. The van der Waals surface area contributed by atoms with Gasteiger partial charge in [-0.05, 0) is 42.4 Å². The summed E-state index contributed by atoms with van der Waals surface area (Å²) in [6.45, 7) is 2.04. The van der Waals surface area contributed by atoms with E-state index in [-0.39, 0.29) is 17.2 Å². The molecule has 15 heavy (non-hydrogen) atoms. The molecule has 0 heterocycles. The minimum Gasteiger partial charge on any atom is -0.207 e. The van der Waals surface area contributed by atoms with Crippen LogP contribution < -0.4 is 0 Å². The Balaban J connectivity index is 2.30. The lowest BCUT2D eigenvalue weighted by atomic mass is 9.90. The van der Waals surface area contributed by atoms with Crippen molar-refractivity contribution >= 4 is 11.6 Å². The SMILES string of the molecule is CC1C(Cl)CCC1c1cc(F)cc(F)c1. The molecule has 0 bridgehead atoms. The Kier molecular flexibility index (Phi) is 2.96. The van der Waals surface area contributed by atoms with Crippen LogP contribution in [0.5, 0.6) is 0 Å². The van der Waals surface area contributed by atoms with E-state index in [1.54, 1.807) is 0 Å². The van der Waals surface area contributed by atoms with Crippen LogP contribution >= 0.6 is 11.6 Å². The molecule has 0 saturated heterocycles. The van der Waals surface area contributed by atoms with Crippen molar-refractivity contribution in [3.63, 3.8) is 0 Å². The topological polar surface area (TPSA) is 0 Å². The molecule has 3 heteroatoms. The summed E-state index contributed by atoms with van der Waals surface area (Å²) in [6, 6.07) is 3.74. The second-order valence-electron chi connectivity index (χ2n) is 4.26.